The molecule has 4 rings (SSSR count). The van der Waals surface area contributed by atoms with Gasteiger partial charge in [0.05, 0.1) is 31.4 Å². The monoisotopic (exact) mass is 657 g/mol. The zero-order chi connectivity index (χ0) is 33.4. The molecule has 1 unspecified atom stereocenters. The molecule has 250 valence electrons. The fourth-order valence-electron chi connectivity index (χ4n) is 4.72. The first-order valence-electron chi connectivity index (χ1n) is 16.4. The minimum atomic E-state index is -1.22. The summed E-state index contributed by atoms with van der Waals surface area (Å²) in [4.78, 5) is 17.8. The minimum Gasteiger partial charge on any atom is -0.611 e. The molecule has 0 aliphatic carbocycles. The number of hydrogen-bond donors (Lipinski definition) is 1. The van der Waals surface area contributed by atoms with E-state index in [0.29, 0.717) is 47.8 Å². The van der Waals surface area contributed by atoms with Gasteiger partial charge in [-0.3, -0.25) is 4.79 Å². The zero-order valence-corrected chi connectivity index (χ0v) is 28.8. The lowest BCUT2D eigenvalue weighted by atomic mass is 10.0. The van der Waals surface area contributed by atoms with Crippen molar-refractivity contribution in [2.45, 2.75) is 64.2 Å². The van der Waals surface area contributed by atoms with Crippen molar-refractivity contribution < 1.29 is 23.6 Å². The molecule has 0 saturated heterocycles. The number of nitrogens with zero attached hydrogens (tertiary/aromatic N) is 2. The predicted molar refractivity (Wildman–Crippen MR) is 190 cm³/mol. The normalized spacial score (nSPS) is 12.0. The second-order valence-electron chi connectivity index (χ2n) is 11.7. The van der Waals surface area contributed by atoms with Crippen molar-refractivity contribution in [3.8, 4) is 22.6 Å². The van der Waals surface area contributed by atoms with E-state index in [9.17, 15) is 9.35 Å². The molecule has 47 heavy (non-hydrogen) atoms. The van der Waals surface area contributed by atoms with Crippen molar-refractivity contribution in [1.29, 1.82) is 0 Å². The Bertz CT molecular complexity index is 1550. The van der Waals surface area contributed by atoms with Crippen molar-refractivity contribution in [3.63, 3.8) is 0 Å². The van der Waals surface area contributed by atoms with E-state index >= 15 is 0 Å². The third kappa shape index (κ3) is 11.6. The van der Waals surface area contributed by atoms with Crippen LogP contribution < -0.4 is 14.8 Å². The number of benzene rings is 3. The Morgan fingerprint density at radius 3 is 2.45 bits per heavy atom. The van der Waals surface area contributed by atoms with Gasteiger partial charge in [0.2, 0.25) is 5.91 Å². The third-order valence-corrected chi connectivity index (χ3v) is 8.61. The summed E-state index contributed by atoms with van der Waals surface area (Å²) in [6.07, 6.45) is 9.97. The molecule has 0 spiro atoms. The fourth-order valence-corrected chi connectivity index (χ4v) is 5.84. The number of anilines is 1. The largest absolute Gasteiger partial charge is 0.611 e. The Morgan fingerprint density at radius 2 is 1.72 bits per heavy atom. The maximum atomic E-state index is 13.0. The molecule has 0 fully saturated rings. The molecule has 1 amide bonds. The summed E-state index contributed by atoms with van der Waals surface area (Å²) in [7, 11) is 0. The number of ether oxygens (including phenoxy) is 3. The number of imidazole rings is 1. The maximum Gasteiger partial charge on any atom is 0.248 e. The van der Waals surface area contributed by atoms with Gasteiger partial charge in [-0.05, 0) is 95.7 Å². The number of hydrogen-bond acceptors (Lipinski definition) is 6. The van der Waals surface area contributed by atoms with Gasteiger partial charge in [-0.25, -0.2) is 4.98 Å². The van der Waals surface area contributed by atoms with E-state index in [2.05, 4.69) is 38.0 Å². The summed E-state index contributed by atoms with van der Waals surface area (Å²) < 4.78 is 32.5. The number of aryl methyl sites for hydroxylation is 1. The van der Waals surface area contributed by atoms with Crippen LogP contribution in [0.1, 0.15) is 58.2 Å². The van der Waals surface area contributed by atoms with E-state index < -0.39 is 11.2 Å². The summed E-state index contributed by atoms with van der Waals surface area (Å²) in [6, 6.07) is 21.1. The van der Waals surface area contributed by atoms with Crippen molar-refractivity contribution in [1.82, 2.24) is 9.55 Å². The van der Waals surface area contributed by atoms with Crippen molar-refractivity contribution in [2.24, 2.45) is 5.92 Å². The second kappa shape index (κ2) is 18.9. The van der Waals surface area contributed by atoms with Crippen LogP contribution in [0.2, 0.25) is 0 Å². The molecule has 1 atom stereocenters. The Balaban J connectivity index is 1.39. The smallest absolute Gasteiger partial charge is 0.248 e. The van der Waals surface area contributed by atoms with Gasteiger partial charge in [-0.2, -0.15) is 0 Å². The highest BCUT2D eigenvalue weighted by Crippen LogP contribution is 2.30. The van der Waals surface area contributed by atoms with Gasteiger partial charge in [-0.15, -0.1) is 0 Å². The van der Waals surface area contributed by atoms with E-state index in [0.717, 1.165) is 60.5 Å². The lowest BCUT2D eigenvalue weighted by Crippen LogP contribution is -2.11. The number of carbonyl (C=O) groups excluding carboxylic acids is 1. The van der Waals surface area contributed by atoms with Crippen LogP contribution in [0.4, 0.5) is 5.69 Å². The Hall–Kier alpha value is -4.05. The number of aromatic nitrogens is 2. The molecule has 0 saturated carbocycles. The lowest BCUT2D eigenvalue weighted by molar-refractivity contribution is -0.111. The topological polar surface area (TPSA) is 97.7 Å². The molecule has 8 nitrogen and oxygen atoms in total. The lowest BCUT2D eigenvalue weighted by Gasteiger charge is -2.14. The quantitative estimate of drug-likeness (QED) is 0.0621. The molecule has 0 bridgehead atoms. The molecule has 4 aromatic rings. The van der Waals surface area contributed by atoms with Crippen molar-refractivity contribution >= 4 is 28.8 Å². The van der Waals surface area contributed by atoms with Gasteiger partial charge in [0, 0.05) is 30.5 Å². The standard InChI is InChI=1S/C38H47N3O5S/c1-5-7-21-44-22-23-45-35-14-8-30(9-15-35)31-10-18-37(46-26-29(3)4)32(24-31)11-19-38(42)40-33-12-16-36(17-13-33)47(43)27-34-25-39-28-41(34)20-6-2/h8-19,24-25,28-29H,5-7,20-23,26-27H2,1-4H3,(H,40,42)/b19-11+. The SMILES string of the molecule is CCCCOCCOc1ccc(-c2ccc(OCC(C)C)c(/C=C/C(=O)Nc3ccc([S+]([O-])Cc4cncn4CCC)cc3)c2)cc1. The summed E-state index contributed by atoms with van der Waals surface area (Å²) >= 11 is -1.22. The third-order valence-electron chi connectivity index (χ3n) is 7.25. The van der Waals surface area contributed by atoms with Crippen LogP contribution in [0.15, 0.2) is 90.2 Å². The van der Waals surface area contributed by atoms with Crippen LogP contribution >= 0.6 is 0 Å². The van der Waals surface area contributed by atoms with Gasteiger partial charge < -0.3 is 28.6 Å². The average molecular weight is 658 g/mol. The number of unbranched alkanes of at least 4 members (excludes halogenated alkanes) is 1. The zero-order valence-electron chi connectivity index (χ0n) is 27.9. The first-order chi connectivity index (χ1) is 22.9. The molecule has 1 aromatic heterocycles. The van der Waals surface area contributed by atoms with Crippen LogP contribution in [0.3, 0.4) is 0 Å². The summed E-state index contributed by atoms with van der Waals surface area (Å²) in [5.41, 5.74) is 4.39. The van der Waals surface area contributed by atoms with Crippen LogP contribution in [0.5, 0.6) is 11.5 Å². The predicted octanol–water partition coefficient (Wildman–Crippen LogP) is 8.15. The van der Waals surface area contributed by atoms with Crippen LogP contribution in [-0.4, -0.2) is 46.4 Å². The fraction of sp³-hybridized carbons (Fsp3) is 0.368. The van der Waals surface area contributed by atoms with Crippen molar-refractivity contribution in [3.05, 3.63) is 96.6 Å². The maximum absolute atomic E-state index is 13.0. The number of nitrogens with one attached hydrogen (secondary N) is 1. The van der Waals surface area contributed by atoms with Gasteiger partial charge >= 0.3 is 0 Å². The van der Waals surface area contributed by atoms with E-state index in [4.69, 9.17) is 14.2 Å². The second-order valence-corrected chi connectivity index (χ2v) is 13.2. The molecule has 0 aliphatic heterocycles. The van der Waals surface area contributed by atoms with Gasteiger partial charge in [0.1, 0.15) is 18.1 Å². The van der Waals surface area contributed by atoms with Gasteiger partial charge in [0.15, 0.2) is 10.6 Å². The summed E-state index contributed by atoms with van der Waals surface area (Å²) in [5.74, 6) is 1.97. The van der Waals surface area contributed by atoms with E-state index in [1.807, 2.05) is 47.0 Å². The molecule has 1 N–H and O–H groups in total. The van der Waals surface area contributed by atoms with Crippen LogP contribution in [0.25, 0.3) is 17.2 Å². The summed E-state index contributed by atoms with van der Waals surface area (Å²) in [5, 5.41) is 2.90. The van der Waals surface area contributed by atoms with E-state index in [1.54, 1.807) is 42.9 Å². The van der Waals surface area contributed by atoms with E-state index in [-0.39, 0.29) is 5.91 Å². The highest BCUT2D eigenvalue weighted by atomic mass is 32.2. The first kappa shape index (κ1) is 35.8. The Kier molecular flexibility index (Phi) is 14.4. The molecule has 0 aliphatic rings. The van der Waals surface area contributed by atoms with Gasteiger partial charge in [0.25, 0.3) is 0 Å². The Labute approximate surface area is 282 Å². The molecule has 1 heterocycles. The van der Waals surface area contributed by atoms with Crippen molar-refractivity contribution in [2.75, 3.05) is 31.7 Å². The van der Waals surface area contributed by atoms with Crippen LogP contribution in [-0.2, 0) is 33.0 Å². The molecular weight excluding hydrogens is 611 g/mol. The minimum absolute atomic E-state index is 0.275. The average Bonchev–Trinajstić information content (AvgIpc) is 3.51. The Morgan fingerprint density at radius 1 is 0.957 bits per heavy atom. The first-order valence-corrected chi connectivity index (χ1v) is 17.7. The van der Waals surface area contributed by atoms with E-state index in [1.165, 1.54) is 6.08 Å². The summed E-state index contributed by atoms with van der Waals surface area (Å²) in [6.45, 7) is 11.7. The number of amides is 1. The molecular formula is C38H47N3O5S. The molecule has 0 radical (unpaired) electrons. The highest BCUT2D eigenvalue weighted by molar-refractivity contribution is 7.90. The number of rotatable bonds is 19. The van der Waals surface area contributed by atoms with Gasteiger partial charge in [-0.1, -0.05) is 52.3 Å². The highest BCUT2D eigenvalue weighted by Gasteiger charge is 2.15. The number of carbonyl (C=O) groups is 1. The molecule has 3 aromatic carbocycles. The van der Waals surface area contributed by atoms with Crippen LogP contribution in [0, 0.1) is 5.92 Å². The molecule has 9 heteroatoms.